The van der Waals surface area contributed by atoms with Crippen LogP contribution < -0.4 is 0 Å². The van der Waals surface area contributed by atoms with Crippen LogP contribution in [0.15, 0.2) is 60.3 Å². The standard InChI is InChI=1S/C24H27FN2O3/c1-4-26(16-18-8-6-5-7-9-18)22-21(19-10-12-20(25)13-11-19)23(28)27(24(22)29)14-15-30-17(2)3/h5-13,17H,4,14-16H2,1-3H3. The largest absolute Gasteiger partial charge is 0.377 e. The van der Waals surface area contributed by atoms with Crippen LogP contribution in [0.25, 0.3) is 5.57 Å². The maximum Gasteiger partial charge on any atom is 0.277 e. The fraction of sp³-hybridized carbons (Fsp3) is 0.333. The lowest BCUT2D eigenvalue weighted by Gasteiger charge is -2.25. The Kier molecular flexibility index (Phi) is 7.00. The molecule has 2 aromatic rings. The average molecular weight is 410 g/mol. The number of amides is 2. The van der Waals surface area contributed by atoms with Crippen molar-refractivity contribution < 1.29 is 18.7 Å². The third-order valence-electron chi connectivity index (χ3n) is 4.96. The fourth-order valence-corrected chi connectivity index (χ4v) is 3.47. The van der Waals surface area contributed by atoms with E-state index in [-0.39, 0.29) is 31.1 Å². The summed E-state index contributed by atoms with van der Waals surface area (Å²) in [4.78, 5) is 29.7. The topological polar surface area (TPSA) is 49.9 Å². The van der Waals surface area contributed by atoms with Crippen LogP contribution in [-0.4, -0.2) is 47.4 Å². The molecule has 0 N–H and O–H groups in total. The molecule has 2 aromatic carbocycles. The number of hydrogen-bond donors (Lipinski definition) is 0. The zero-order valence-electron chi connectivity index (χ0n) is 17.6. The number of nitrogens with zero attached hydrogens (tertiary/aromatic N) is 2. The van der Waals surface area contributed by atoms with Gasteiger partial charge in [0.2, 0.25) is 0 Å². The van der Waals surface area contributed by atoms with E-state index in [4.69, 9.17) is 4.74 Å². The zero-order chi connectivity index (χ0) is 21.7. The van der Waals surface area contributed by atoms with E-state index in [2.05, 4.69) is 0 Å². The summed E-state index contributed by atoms with van der Waals surface area (Å²) in [5, 5.41) is 0. The minimum absolute atomic E-state index is 0.00651. The molecule has 1 aliphatic heterocycles. The first-order chi connectivity index (χ1) is 14.4. The molecule has 30 heavy (non-hydrogen) atoms. The van der Waals surface area contributed by atoms with Crippen LogP contribution in [0.3, 0.4) is 0 Å². The molecule has 0 radical (unpaired) electrons. The van der Waals surface area contributed by atoms with Crippen molar-refractivity contribution in [3.05, 3.63) is 77.2 Å². The van der Waals surface area contributed by atoms with Gasteiger partial charge in [-0.05, 0) is 44.0 Å². The summed E-state index contributed by atoms with van der Waals surface area (Å²) in [5.41, 5.74) is 2.22. The Morgan fingerprint density at radius 1 is 1.00 bits per heavy atom. The number of halogens is 1. The highest BCUT2D eigenvalue weighted by Crippen LogP contribution is 2.32. The van der Waals surface area contributed by atoms with Gasteiger partial charge in [-0.2, -0.15) is 0 Å². The van der Waals surface area contributed by atoms with Crippen molar-refractivity contribution >= 4 is 17.4 Å². The minimum atomic E-state index is -0.392. The molecule has 0 saturated heterocycles. The molecular weight excluding hydrogens is 383 g/mol. The van der Waals surface area contributed by atoms with Crippen molar-refractivity contribution in [2.75, 3.05) is 19.7 Å². The minimum Gasteiger partial charge on any atom is -0.377 e. The Hall–Kier alpha value is -2.99. The van der Waals surface area contributed by atoms with Crippen LogP contribution in [0, 0.1) is 5.82 Å². The number of rotatable bonds is 9. The second kappa shape index (κ2) is 9.67. The van der Waals surface area contributed by atoms with Gasteiger partial charge in [0.15, 0.2) is 0 Å². The van der Waals surface area contributed by atoms with Crippen LogP contribution >= 0.6 is 0 Å². The molecular formula is C24H27FN2O3. The van der Waals surface area contributed by atoms with Gasteiger partial charge in [-0.15, -0.1) is 0 Å². The van der Waals surface area contributed by atoms with Crippen molar-refractivity contribution in [3.8, 4) is 0 Å². The summed E-state index contributed by atoms with van der Waals surface area (Å²) in [6, 6.07) is 15.5. The van der Waals surface area contributed by atoms with E-state index in [0.717, 1.165) is 5.56 Å². The Balaban J connectivity index is 1.98. The summed E-state index contributed by atoms with van der Waals surface area (Å²) < 4.78 is 19.0. The smallest absolute Gasteiger partial charge is 0.277 e. The van der Waals surface area contributed by atoms with Crippen LogP contribution in [0.5, 0.6) is 0 Å². The van der Waals surface area contributed by atoms with Crippen molar-refractivity contribution in [2.45, 2.75) is 33.4 Å². The number of benzene rings is 2. The first-order valence-electron chi connectivity index (χ1n) is 10.2. The van der Waals surface area contributed by atoms with E-state index in [0.29, 0.717) is 29.9 Å². The lowest BCUT2D eigenvalue weighted by molar-refractivity contribution is -0.138. The fourth-order valence-electron chi connectivity index (χ4n) is 3.47. The van der Waals surface area contributed by atoms with Gasteiger partial charge in [0.05, 0.1) is 24.8 Å². The van der Waals surface area contributed by atoms with Gasteiger partial charge in [0.1, 0.15) is 11.5 Å². The molecule has 6 heteroatoms. The van der Waals surface area contributed by atoms with Gasteiger partial charge in [-0.25, -0.2) is 4.39 Å². The number of carbonyl (C=O) groups is 2. The van der Waals surface area contributed by atoms with Crippen LogP contribution in [-0.2, 0) is 20.9 Å². The summed E-state index contributed by atoms with van der Waals surface area (Å²) in [6.07, 6.45) is 0.00651. The zero-order valence-corrected chi connectivity index (χ0v) is 17.6. The molecule has 3 rings (SSSR count). The quantitative estimate of drug-likeness (QED) is 0.589. The molecule has 0 fully saturated rings. The van der Waals surface area contributed by atoms with Crippen molar-refractivity contribution in [3.63, 3.8) is 0 Å². The highest BCUT2D eigenvalue weighted by molar-refractivity contribution is 6.35. The molecule has 0 atom stereocenters. The van der Waals surface area contributed by atoms with Gasteiger partial charge in [-0.1, -0.05) is 42.5 Å². The molecule has 1 aliphatic rings. The molecule has 0 spiro atoms. The van der Waals surface area contributed by atoms with E-state index in [1.165, 1.54) is 17.0 Å². The lowest BCUT2D eigenvalue weighted by Crippen LogP contribution is -2.37. The predicted molar refractivity (Wildman–Crippen MR) is 114 cm³/mol. The molecule has 158 valence electrons. The Morgan fingerprint density at radius 2 is 1.67 bits per heavy atom. The summed E-state index contributed by atoms with van der Waals surface area (Å²) in [6.45, 7) is 7.23. The van der Waals surface area contributed by atoms with E-state index in [9.17, 15) is 14.0 Å². The Bertz CT molecular complexity index is 923. The van der Waals surface area contributed by atoms with Gasteiger partial charge < -0.3 is 9.64 Å². The number of ether oxygens (including phenoxy) is 1. The summed E-state index contributed by atoms with van der Waals surface area (Å²) >= 11 is 0. The molecule has 0 unspecified atom stereocenters. The maximum atomic E-state index is 13.5. The maximum absolute atomic E-state index is 13.5. The van der Waals surface area contributed by atoms with E-state index >= 15 is 0 Å². The number of hydrogen-bond acceptors (Lipinski definition) is 4. The second-order valence-corrected chi connectivity index (χ2v) is 7.41. The first-order valence-corrected chi connectivity index (χ1v) is 10.2. The van der Waals surface area contributed by atoms with Gasteiger partial charge in [0, 0.05) is 13.1 Å². The molecule has 2 amide bonds. The van der Waals surface area contributed by atoms with Crippen LogP contribution in [0.1, 0.15) is 31.9 Å². The van der Waals surface area contributed by atoms with Crippen molar-refractivity contribution in [1.82, 2.24) is 9.80 Å². The van der Waals surface area contributed by atoms with E-state index in [1.54, 1.807) is 12.1 Å². The van der Waals surface area contributed by atoms with Crippen molar-refractivity contribution in [2.24, 2.45) is 0 Å². The summed E-state index contributed by atoms with van der Waals surface area (Å²) in [7, 11) is 0. The normalized spacial score (nSPS) is 14.2. The molecule has 0 aliphatic carbocycles. The monoisotopic (exact) mass is 410 g/mol. The third kappa shape index (κ3) is 4.76. The third-order valence-corrected chi connectivity index (χ3v) is 4.96. The molecule has 0 aromatic heterocycles. The van der Waals surface area contributed by atoms with Gasteiger partial charge in [0.25, 0.3) is 11.8 Å². The van der Waals surface area contributed by atoms with Crippen molar-refractivity contribution in [1.29, 1.82) is 0 Å². The molecule has 1 heterocycles. The summed E-state index contributed by atoms with van der Waals surface area (Å²) in [5.74, 6) is -1.11. The number of likely N-dealkylation sites (N-methyl/N-ethyl adjacent to an activating group) is 1. The first kappa shape index (κ1) is 21.7. The second-order valence-electron chi connectivity index (χ2n) is 7.41. The highest BCUT2D eigenvalue weighted by Gasteiger charge is 2.41. The lowest BCUT2D eigenvalue weighted by atomic mass is 10.0. The number of imide groups is 1. The molecule has 0 bridgehead atoms. The van der Waals surface area contributed by atoms with E-state index in [1.807, 2.05) is 56.0 Å². The Morgan fingerprint density at radius 3 is 2.27 bits per heavy atom. The molecule has 0 saturated carbocycles. The van der Waals surface area contributed by atoms with Crippen LogP contribution in [0.4, 0.5) is 4.39 Å². The SMILES string of the molecule is CCN(Cc1ccccc1)C1=C(c2ccc(F)cc2)C(=O)N(CCOC(C)C)C1=O. The molecule has 5 nitrogen and oxygen atoms in total. The van der Waals surface area contributed by atoms with Gasteiger partial charge >= 0.3 is 0 Å². The van der Waals surface area contributed by atoms with Crippen LogP contribution in [0.2, 0.25) is 0 Å². The predicted octanol–water partition coefficient (Wildman–Crippen LogP) is 3.85. The average Bonchev–Trinajstić information content (AvgIpc) is 2.98. The highest BCUT2D eigenvalue weighted by atomic mass is 19.1. The Labute approximate surface area is 176 Å². The van der Waals surface area contributed by atoms with Gasteiger partial charge in [-0.3, -0.25) is 14.5 Å². The van der Waals surface area contributed by atoms with E-state index < -0.39 is 5.82 Å². The number of carbonyl (C=O) groups excluding carboxylic acids is 2.